The first-order valence-electron chi connectivity index (χ1n) is 12.0. The third-order valence-corrected chi connectivity index (χ3v) is 7.61. The van der Waals surface area contributed by atoms with E-state index in [4.69, 9.17) is 4.98 Å². The van der Waals surface area contributed by atoms with Crippen molar-refractivity contribution in [1.29, 1.82) is 0 Å². The lowest BCUT2D eigenvalue weighted by atomic mass is 10.1. The zero-order chi connectivity index (χ0) is 22.6. The Morgan fingerprint density at radius 2 is 1.64 bits per heavy atom. The molecule has 0 unspecified atom stereocenters. The summed E-state index contributed by atoms with van der Waals surface area (Å²) in [6, 6.07) is 9.98. The Balaban J connectivity index is 1.19. The van der Waals surface area contributed by atoms with Crippen molar-refractivity contribution in [1.82, 2.24) is 24.7 Å². The number of carbonyl (C=O) groups is 1. The molecule has 3 aromatic rings. The predicted molar refractivity (Wildman–Crippen MR) is 132 cm³/mol. The number of amides is 1. The molecule has 8 heteroatoms. The maximum Gasteiger partial charge on any atom is 0.260 e. The fourth-order valence-electron chi connectivity index (χ4n) is 4.83. The van der Waals surface area contributed by atoms with Crippen LogP contribution in [-0.2, 0) is 11.3 Å². The number of aromatic nitrogens is 2. The lowest BCUT2D eigenvalue weighted by Gasteiger charge is -2.35. The molecule has 2 aliphatic rings. The van der Waals surface area contributed by atoms with Gasteiger partial charge >= 0.3 is 0 Å². The van der Waals surface area contributed by atoms with Crippen molar-refractivity contribution >= 4 is 27.5 Å². The van der Waals surface area contributed by atoms with Crippen molar-refractivity contribution in [3.05, 3.63) is 51.9 Å². The molecular formula is C25H31N5O2S. The first kappa shape index (κ1) is 22.3. The number of hydrogen-bond acceptors (Lipinski definition) is 6. The molecule has 4 heterocycles. The second kappa shape index (κ2) is 10.2. The minimum atomic E-state index is -0.0724. The van der Waals surface area contributed by atoms with Gasteiger partial charge in [-0.3, -0.25) is 19.4 Å². The zero-order valence-electron chi connectivity index (χ0n) is 19.0. The van der Waals surface area contributed by atoms with E-state index in [0.717, 1.165) is 68.1 Å². The summed E-state index contributed by atoms with van der Waals surface area (Å²) < 4.78 is 0. The number of thiophene rings is 1. The summed E-state index contributed by atoms with van der Waals surface area (Å²) in [6.45, 7) is 6.43. The number of rotatable bonds is 5. The Morgan fingerprint density at radius 1 is 0.939 bits per heavy atom. The molecule has 7 nitrogen and oxygen atoms in total. The number of likely N-dealkylation sites (tertiary alicyclic amines) is 1. The van der Waals surface area contributed by atoms with Gasteiger partial charge in [0.2, 0.25) is 5.91 Å². The Morgan fingerprint density at radius 3 is 2.36 bits per heavy atom. The van der Waals surface area contributed by atoms with Gasteiger partial charge in [0.05, 0.1) is 18.5 Å². The van der Waals surface area contributed by atoms with Crippen LogP contribution in [0.2, 0.25) is 0 Å². The highest BCUT2D eigenvalue weighted by Gasteiger charge is 2.23. The van der Waals surface area contributed by atoms with Gasteiger partial charge in [0.15, 0.2) is 0 Å². The molecule has 2 aliphatic heterocycles. The van der Waals surface area contributed by atoms with E-state index in [1.54, 1.807) is 0 Å². The van der Waals surface area contributed by atoms with Gasteiger partial charge in [-0.05, 0) is 18.4 Å². The summed E-state index contributed by atoms with van der Waals surface area (Å²) in [5.74, 6) is 0.983. The van der Waals surface area contributed by atoms with Gasteiger partial charge in [-0.25, -0.2) is 4.98 Å². The summed E-state index contributed by atoms with van der Waals surface area (Å²) in [5.41, 5.74) is 1.91. The van der Waals surface area contributed by atoms with Gasteiger partial charge < -0.3 is 9.88 Å². The summed E-state index contributed by atoms with van der Waals surface area (Å²) >= 11 is 1.52. The molecule has 1 N–H and O–H groups in total. The van der Waals surface area contributed by atoms with Gasteiger partial charge in [0.1, 0.15) is 10.7 Å². The largest absolute Gasteiger partial charge is 0.342 e. The summed E-state index contributed by atoms with van der Waals surface area (Å²) in [4.78, 5) is 40.7. The van der Waals surface area contributed by atoms with E-state index < -0.39 is 0 Å². The number of hydrogen-bond donors (Lipinski definition) is 1. The van der Waals surface area contributed by atoms with E-state index in [0.29, 0.717) is 24.3 Å². The molecule has 5 rings (SSSR count). The molecule has 0 spiro atoms. The number of piperazine rings is 1. The maximum absolute atomic E-state index is 12.9. The maximum atomic E-state index is 12.9. The summed E-state index contributed by atoms with van der Waals surface area (Å²) in [6.07, 6.45) is 4.74. The first-order valence-corrected chi connectivity index (χ1v) is 12.8. The van der Waals surface area contributed by atoms with Crippen LogP contribution < -0.4 is 5.56 Å². The highest BCUT2D eigenvalue weighted by Crippen LogP contribution is 2.30. The van der Waals surface area contributed by atoms with Gasteiger partial charge in [-0.15, -0.1) is 11.3 Å². The zero-order valence-corrected chi connectivity index (χ0v) is 19.8. The van der Waals surface area contributed by atoms with E-state index in [9.17, 15) is 9.59 Å². The molecule has 0 aliphatic carbocycles. The first-order chi connectivity index (χ1) is 16.2. The molecule has 0 atom stereocenters. The predicted octanol–water partition coefficient (Wildman–Crippen LogP) is 3.17. The number of nitrogens with one attached hydrogen (secondary N) is 1. The quantitative estimate of drug-likeness (QED) is 0.627. The van der Waals surface area contributed by atoms with Crippen LogP contribution in [0.1, 0.15) is 31.5 Å². The van der Waals surface area contributed by atoms with Crippen molar-refractivity contribution in [3.63, 3.8) is 0 Å². The van der Waals surface area contributed by atoms with Crippen LogP contribution in [-0.4, -0.2) is 76.4 Å². The average Bonchev–Trinajstić information content (AvgIpc) is 3.07. The molecular weight excluding hydrogens is 434 g/mol. The van der Waals surface area contributed by atoms with E-state index in [-0.39, 0.29) is 11.5 Å². The Labute approximate surface area is 198 Å². The van der Waals surface area contributed by atoms with Crippen LogP contribution in [0.25, 0.3) is 21.3 Å². The van der Waals surface area contributed by atoms with Crippen LogP contribution in [0.3, 0.4) is 0 Å². The third kappa shape index (κ3) is 5.18. The van der Waals surface area contributed by atoms with Crippen LogP contribution in [0.4, 0.5) is 0 Å². The van der Waals surface area contributed by atoms with Gasteiger partial charge in [0.25, 0.3) is 5.56 Å². The van der Waals surface area contributed by atoms with Crippen molar-refractivity contribution in [3.8, 4) is 11.1 Å². The van der Waals surface area contributed by atoms with E-state index >= 15 is 0 Å². The number of carbonyl (C=O) groups excluding carboxylic acids is 1. The third-order valence-electron chi connectivity index (χ3n) is 6.73. The van der Waals surface area contributed by atoms with Crippen LogP contribution in [0.15, 0.2) is 40.5 Å². The lowest BCUT2D eigenvalue weighted by molar-refractivity contribution is -0.132. The number of benzene rings is 1. The van der Waals surface area contributed by atoms with E-state index in [2.05, 4.69) is 14.8 Å². The van der Waals surface area contributed by atoms with Crippen molar-refractivity contribution in [2.75, 3.05) is 45.8 Å². The lowest BCUT2D eigenvalue weighted by Crippen LogP contribution is -2.50. The Kier molecular flexibility index (Phi) is 6.85. The summed E-state index contributed by atoms with van der Waals surface area (Å²) in [7, 11) is 0. The molecule has 0 bridgehead atoms. The number of fused-ring (bicyclic) bond motifs is 1. The monoisotopic (exact) mass is 465 g/mol. The molecule has 2 saturated heterocycles. The minimum absolute atomic E-state index is 0.0724. The normalized spacial score (nSPS) is 18.5. The second-order valence-electron chi connectivity index (χ2n) is 9.06. The molecule has 2 aromatic heterocycles. The molecule has 1 aromatic carbocycles. The van der Waals surface area contributed by atoms with Crippen LogP contribution in [0.5, 0.6) is 0 Å². The fraction of sp³-hybridized carbons (Fsp3) is 0.480. The van der Waals surface area contributed by atoms with Gasteiger partial charge in [-0.1, -0.05) is 43.2 Å². The topological polar surface area (TPSA) is 72.5 Å². The van der Waals surface area contributed by atoms with Crippen LogP contribution in [0, 0.1) is 0 Å². The molecule has 174 valence electrons. The number of nitrogens with zero attached hydrogens (tertiary/aromatic N) is 4. The highest BCUT2D eigenvalue weighted by atomic mass is 32.1. The molecule has 0 radical (unpaired) electrons. The SMILES string of the molecule is O=C(CN1CCN(Cc2nc3scc(-c4ccccc4)c3c(=O)[nH]2)CC1)N1CCCCCC1. The van der Waals surface area contributed by atoms with Crippen molar-refractivity contribution in [2.24, 2.45) is 0 Å². The van der Waals surface area contributed by atoms with Crippen LogP contribution >= 0.6 is 11.3 Å². The number of H-pyrrole nitrogens is 1. The summed E-state index contributed by atoms with van der Waals surface area (Å²) in [5, 5.41) is 2.69. The van der Waals surface area contributed by atoms with E-state index in [1.807, 2.05) is 40.6 Å². The fourth-order valence-corrected chi connectivity index (χ4v) is 5.79. The van der Waals surface area contributed by atoms with Gasteiger partial charge in [-0.2, -0.15) is 0 Å². The standard InChI is InChI=1S/C25H31N5O2S/c31-22(30-10-6-1-2-7-11-30)17-29-14-12-28(13-15-29)16-21-26-24(32)23-20(18-33-25(23)27-21)19-8-4-3-5-9-19/h3-5,8-9,18H,1-2,6-7,10-17H2,(H,26,27,32). The van der Waals surface area contributed by atoms with Crippen molar-refractivity contribution in [2.45, 2.75) is 32.2 Å². The van der Waals surface area contributed by atoms with Gasteiger partial charge in [0, 0.05) is 50.2 Å². The Hall–Kier alpha value is -2.55. The number of aromatic amines is 1. The second-order valence-corrected chi connectivity index (χ2v) is 9.91. The van der Waals surface area contributed by atoms with E-state index in [1.165, 1.54) is 24.2 Å². The average molecular weight is 466 g/mol. The Bertz CT molecular complexity index is 1140. The molecule has 33 heavy (non-hydrogen) atoms. The molecule has 1 amide bonds. The molecule has 2 fully saturated rings. The van der Waals surface area contributed by atoms with Crippen molar-refractivity contribution < 1.29 is 4.79 Å². The smallest absolute Gasteiger partial charge is 0.260 e. The highest BCUT2D eigenvalue weighted by molar-refractivity contribution is 7.17. The minimum Gasteiger partial charge on any atom is -0.342 e. The molecule has 0 saturated carbocycles.